The van der Waals surface area contributed by atoms with Crippen molar-refractivity contribution < 1.29 is 17.8 Å². The number of hydrogen-bond donors (Lipinski definition) is 2. The third kappa shape index (κ3) is 5.55. The Morgan fingerprint density at radius 3 is 2.20 bits per heavy atom. The van der Waals surface area contributed by atoms with Crippen LogP contribution < -0.4 is 5.32 Å². The second-order valence-corrected chi connectivity index (χ2v) is 15.9. The normalized spacial score (nSPS) is 16.3. The first-order valence-electron chi connectivity index (χ1n) is 17.0. The summed E-state index contributed by atoms with van der Waals surface area (Å²) in [5.41, 5.74) is 5.97. The van der Waals surface area contributed by atoms with Crippen LogP contribution in [0.5, 0.6) is 0 Å². The Kier molecular flexibility index (Phi) is 7.59. The number of fused-ring (bicyclic) bond motifs is 2. The molecule has 0 saturated heterocycles. The molecular weight excluding hydrogens is 655 g/mol. The minimum Gasteiger partial charge on any atom is -0.348 e. The van der Waals surface area contributed by atoms with Crippen LogP contribution in [-0.2, 0) is 27.5 Å². The van der Waals surface area contributed by atoms with Crippen LogP contribution in [0.3, 0.4) is 0 Å². The molecule has 0 aromatic heterocycles. The molecule has 8 heteroatoms. The highest BCUT2D eigenvalue weighted by molar-refractivity contribution is 7.85. The van der Waals surface area contributed by atoms with Gasteiger partial charge in [-0.3, -0.25) is 19.3 Å². The summed E-state index contributed by atoms with van der Waals surface area (Å²) in [6.07, 6.45) is 8.52. The van der Waals surface area contributed by atoms with Crippen molar-refractivity contribution in [1.82, 2.24) is 5.32 Å². The number of carbonyl (C=O) groups excluding carboxylic acids is 1. The lowest BCUT2D eigenvalue weighted by molar-refractivity contribution is 0.0951. The Balaban J connectivity index is 0.937. The van der Waals surface area contributed by atoms with E-state index in [1.165, 1.54) is 39.1 Å². The minimum absolute atomic E-state index is 0.125. The van der Waals surface area contributed by atoms with Gasteiger partial charge >= 0.3 is 0 Å². The largest absolute Gasteiger partial charge is 0.348 e. The summed E-state index contributed by atoms with van der Waals surface area (Å²) in [5, 5.41) is 10.5. The van der Waals surface area contributed by atoms with Crippen molar-refractivity contribution in [2.75, 3.05) is 0 Å². The monoisotopic (exact) mass is 691 g/mol. The standard InChI is InChI=1S/C43H37N3O4S/c1-42(2)33-23-29(41(47)44-25-30-16-15-28-14-13-26-9-8-10-27-17-20-32(30)40(28)39(26)27)18-21-35(33)45-37(42)11-6-5-7-12-38-43(3,4)34-24-31(51(48,49)50)19-22-36(34)46-38/h5-11,13-24H,12,25H2,1-4H3,(H,44,47)(H,48,49,50). The van der Waals surface area contributed by atoms with E-state index in [0.717, 1.165) is 39.2 Å². The molecule has 254 valence electrons. The maximum Gasteiger partial charge on any atom is 0.294 e. The van der Waals surface area contributed by atoms with E-state index in [0.29, 0.717) is 24.2 Å². The van der Waals surface area contributed by atoms with Crippen molar-refractivity contribution in [3.63, 3.8) is 0 Å². The maximum absolute atomic E-state index is 13.5. The Morgan fingerprint density at radius 2 is 1.43 bits per heavy atom. The number of rotatable bonds is 8. The lowest BCUT2D eigenvalue weighted by Gasteiger charge is -2.22. The molecule has 7 nitrogen and oxygen atoms in total. The predicted octanol–water partition coefficient (Wildman–Crippen LogP) is 9.69. The fourth-order valence-electron chi connectivity index (χ4n) is 7.58. The van der Waals surface area contributed by atoms with E-state index in [1.54, 1.807) is 6.07 Å². The molecule has 0 atom stereocenters. The molecule has 6 aromatic rings. The van der Waals surface area contributed by atoms with Gasteiger partial charge in [0, 0.05) is 35.1 Å². The van der Waals surface area contributed by atoms with Crippen molar-refractivity contribution in [3.8, 4) is 0 Å². The van der Waals surface area contributed by atoms with Crippen molar-refractivity contribution in [1.29, 1.82) is 0 Å². The third-order valence-corrected chi connectivity index (χ3v) is 11.4. The first kappa shape index (κ1) is 32.7. The number of nitrogens with zero attached hydrogens (tertiary/aromatic N) is 2. The zero-order valence-corrected chi connectivity index (χ0v) is 29.7. The molecule has 0 radical (unpaired) electrons. The first-order chi connectivity index (χ1) is 24.3. The van der Waals surface area contributed by atoms with Crippen LogP contribution in [0.15, 0.2) is 130 Å². The van der Waals surface area contributed by atoms with E-state index in [-0.39, 0.29) is 10.8 Å². The summed E-state index contributed by atoms with van der Waals surface area (Å²) in [4.78, 5) is 23.0. The average molecular weight is 692 g/mol. The molecule has 51 heavy (non-hydrogen) atoms. The quantitative estimate of drug-likeness (QED) is 0.0941. The van der Waals surface area contributed by atoms with Gasteiger partial charge in [-0.25, -0.2) is 0 Å². The van der Waals surface area contributed by atoms with Crippen LogP contribution >= 0.6 is 0 Å². The van der Waals surface area contributed by atoms with Crippen LogP contribution in [0.4, 0.5) is 11.4 Å². The minimum atomic E-state index is -4.29. The molecule has 8 rings (SSSR count). The Labute approximate surface area is 297 Å². The lowest BCUT2D eigenvalue weighted by Crippen LogP contribution is -2.26. The SMILES string of the molecule is CC1(C)C(C=CC=CCC2=Nc3ccc(S(=O)(=O)O)cc3C2(C)C)=Nc2ccc(C(=O)NCc3ccc4ccc5cccc6ccc3c4c56)cc21. The molecule has 0 spiro atoms. The van der Waals surface area contributed by atoms with E-state index in [1.807, 2.05) is 56.4 Å². The topological polar surface area (TPSA) is 108 Å². The highest BCUT2D eigenvalue weighted by Gasteiger charge is 2.36. The lowest BCUT2D eigenvalue weighted by atomic mass is 9.80. The Bertz CT molecular complexity index is 2650. The van der Waals surface area contributed by atoms with Crippen molar-refractivity contribution >= 4 is 71.1 Å². The zero-order valence-electron chi connectivity index (χ0n) is 28.9. The molecule has 0 bridgehead atoms. The molecule has 2 aliphatic rings. The summed E-state index contributed by atoms with van der Waals surface area (Å²) >= 11 is 0. The van der Waals surface area contributed by atoms with Crippen LogP contribution in [0.1, 0.15) is 61.2 Å². The number of nitrogens with one attached hydrogen (secondary N) is 1. The number of benzene rings is 6. The summed E-state index contributed by atoms with van der Waals surface area (Å²) in [6, 6.07) is 29.5. The van der Waals surface area contributed by atoms with Gasteiger partial charge in [0.1, 0.15) is 0 Å². The molecule has 1 amide bonds. The van der Waals surface area contributed by atoms with Gasteiger partial charge in [-0.15, -0.1) is 0 Å². The van der Waals surface area contributed by atoms with Gasteiger partial charge in [0.2, 0.25) is 0 Å². The highest BCUT2D eigenvalue weighted by Crippen LogP contribution is 2.43. The van der Waals surface area contributed by atoms with Crippen LogP contribution in [0, 0.1) is 0 Å². The smallest absolute Gasteiger partial charge is 0.294 e. The molecule has 2 heterocycles. The number of carbonyl (C=O) groups is 1. The fourth-order valence-corrected chi connectivity index (χ4v) is 8.08. The van der Waals surface area contributed by atoms with Crippen LogP contribution in [0.25, 0.3) is 32.3 Å². The average Bonchev–Trinajstić information content (AvgIpc) is 3.52. The van der Waals surface area contributed by atoms with Gasteiger partial charge in [0.25, 0.3) is 16.0 Å². The summed E-state index contributed by atoms with van der Waals surface area (Å²) in [5.74, 6) is -0.125. The molecule has 0 saturated carbocycles. The zero-order chi connectivity index (χ0) is 35.7. The highest BCUT2D eigenvalue weighted by atomic mass is 32.2. The van der Waals surface area contributed by atoms with Crippen LogP contribution in [-0.4, -0.2) is 30.3 Å². The molecule has 0 unspecified atom stereocenters. The number of hydrogen-bond acceptors (Lipinski definition) is 5. The Morgan fingerprint density at radius 1 is 0.765 bits per heavy atom. The van der Waals surface area contributed by atoms with E-state index >= 15 is 0 Å². The summed E-state index contributed by atoms with van der Waals surface area (Å²) < 4.78 is 32.8. The van der Waals surface area contributed by atoms with Gasteiger partial charge in [-0.2, -0.15) is 8.42 Å². The molecular formula is C43H37N3O4S. The van der Waals surface area contributed by atoms with Gasteiger partial charge < -0.3 is 5.32 Å². The van der Waals surface area contributed by atoms with E-state index in [2.05, 4.69) is 73.8 Å². The second-order valence-electron chi connectivity index (χ2n) is 14.4. The number of amides is 1. The first-order valence-corrected chi connectivity index (χ1v) is 18.5. The van der Waals surface area contributed by atoms with Gasteiger partial charge in [0.15, 0.2) is 0 Å². The van der Waals surface area contributed by atoms with Crippen molar-refractivity contribution in [2.24, 2.45) is 9.98 Å². The van der Waals surface area contributed by atoms with Crippen molar-refractivity contribution in [3.05, 3.63) is 138 Å². The van der Waals surface area contributed by atoms with Crippen LogP contribution in [0.2, 0.25) is 0 Å². The third-order valence-electron chi connectivity index (χ3n) is 10.6. The van der Waals surface area contributed by atoms with Gasteiger partial charge in [0.05, 0.1) is 22.0 Å². The number of aliphatic imine (C=N–C) groups is 2. The predicted molar refractivity (Wildman–Crippen MR) is 207 cm³/mol. The summed E-state index contributed by atoms with van der Waals surface area (Å²) in [7, 11) is -4.29. The molecule has 0 fully saturated rings. The molecule has 6 aromatic carbocycles. The van der Waals surface area contributed by atoms with E-state index in [9.17, 15) is 17.8 Å². The maximum atomic E-state index is 13.5. The van der Waals surface area contributed by atoms with Crippen molar-refractivity contribution in [2.45, 2.75) is 56.4 Å². The second kappa shape index (κ2) is 11.8. The van der Waals surface area contributed by atoms with E-state index < -0.39 is 20.9 Å². The molecule has 2 N–H and O–H groups in total. The van der Waals surface area contributed by atoms with E-state index in [4.69, 9.17) is 9.98 Å². The fraction of sp³-hybridized carbons (Fsp3) is 0.186. The summed E-state index contributed by atoms with van der Waals surface area (Å²) in [6.45, 7) is 8.66. The molecule has 0 aliphatic carbocycles. The van der Waals surface area contributed by atoms with Gasteiger partial charge in [-0.05, 0) is 91.5 Å². The number of allylic oxidation sites excluding steroid dienone is 4. The Hall–Kier alpha value is -5.44. The van der Waals surface area contributed by atoms with Gasteiger partial charge in [-0.1, -0.05) is 101 Å². The molecule has 2 aliphatic heterocycles.